The molecule has 2 aliphatic rings. The van der Waals surface area contributed by atoms with Crippen molar-refractivity contribution in [3.8, 4) is 45.6 Å². The molecule has 1 N–H and O–H groups in total. The Morgan fingerprint density at radius 1 is 0.891 bits per heavy atom. The lowest BCUT2D eigenvalue weighted by atomic mass is 9.71. The Balaban J connectivity index is 1.89. The number of carbonyl (C=O) groups excluding carboxylic acids is 2. The first kappa shape index (κ1) is 32.7. The van der Waals surface area contributed by atoms with E-state index in [2.05, 4.69) is 0 Å². The number of carbonyl (C=O) groups is 2. The van der Waals surface area contributed by atoms with Crippen LogP contribution in [0.15, 0.2) is 42.5 Å². The first-order valence-corrected chi connectivity index (χ1v) is 15.1. The number of unbranched alkanes of at least 4 members (excludes halogenated alkanes) is 1. The number of aliphatic hydroxyl groups is 1. The molecule has 4 atom stereocenters. The minimum atomic E-state index is -1.83. The summed E-state index contributed by atoms with van der Waals surface area (Å²) >= 11 is 0. The van der Waals surface area contributed by atoms with Crippen LogP contribution in [0.1, 0.15) is 73.7 Å². The fourth-order valence-electron chi connectivity index (χ4n) is 6.10. The Kier molecular flexibility index (Phi) is 9.52. The number of methoxy groups -OCH3 is 4. The SMILES string of the molecule is CCCCC(=O)OC1c2cc3c(c(OC)c2-c2c(cc(OC)c(OC)c2OC)C(OC(=O)c2ccccc2)C(C)(O)C1C)OCO3. The molecule has 1 aliphatic heterocycles. The Morgan fingerprint density at radius 3 is 2.20 bits per heavy atom. The zero-order valence-corrected chi connectivity index (χ0v) is 27.1. The normalized spacial score (nSPS) is 21.2. The largest absolute Gasteiger partial charge is 0.493 e. The second-order valence-corrected chi connectivity index (χ2v) is 11.4. The van der Waals surface area contributed by atoms with E-state index in [1.807, 2.05) is 6.92 Å². The van der Waals surface area contributed by atoms with Crippen LogP contribution in [-0.4, -0.2) is 57.9 Å². The summed E-state index contributed by atoms with van der Waals surface area (Å²) in [5, 5.41) is 12.5. The van der Waals surface area contributed by atoms with Gasteiger partial charge in [-0.3, -0.25) is 4.79 Å². The van der Waals surface area contributed by atoms with Gasteiger partial charge >= 0.3 is 11.9 Å². The van der Waals surface area contributed by atoms with Gasteiger partial charge in [0.1, 0.15) is 11.7 Å². The van der Waals surface area contributed by atoms with E-state index in [1.165, 1.54) is 28.4 Å². The van der Waals surface area contributed by atoms with Gasteiger partial charge in [0.25, 0.3) is 0 Å². The molecule has 0 aromatic heterocycles. The third-order valence-electron chi connectivity index (χ3n) is 8.69. The van der Waals surface area contributed by atoms with Gasteiger partial charge in [-0.25, -0.2) is 4.79 Å². The first-order chi connectivity index (χ1) is 22.1. The van der Waals surface area contributed by atoms with Gasteiger partial charge in [-0.15, -0.1) is 0 Å². The monoisotopic (exact) mass is 636 g/mol. The summed E-state index contributed by atoms with van der Waals surface area (Å²) in [7, 11) is 5.88. The van der Waals surface area contributed by atoms with Crippen molar-refractivity contribution < 1.29 is 52.6 Å². The van der Waals surface area contributed by atoms with E-state index in [0.717, 1.165) is 6.42 Å². The quantitative estimate of drug-likeness (QED) is 0.256. The van der Waals surface area contributed by atoms with Crippen molar-refractivity contribution in [2.75, 3.05) is 35.2 Å². The van der Waals surface area contributed by atoms with Gasteiger partial charge in [-0.05, 0) is 37.6 Å². The van der Waals surface area contributed by atoms with Crippen molar-refractivity contribution in [2.45, 2.75) is 57.8 Å². The van der Waals surface area contributed by atoms with Gasteiger partial charge in [0.2, 0.25) is 18.3 Å². The highest BCUT2D eigenvalue weighted by Crippen LogP contribution is 2.61. The Labute approximate surface area is 268 Å². The summed E-state index contributed by atoms with van der Waals surface area (Å²) in [6, 6.07) is 11.8. The molecule has 11 nitrogen and oxygen atoms in total. The molecule has 1 aliphatic carbocycles. The minimum Gasteiger partial charge on any atom is -0.493 e. The molecule has 0 saturated heterocycles. The lowest BCUT2D eigenvalue weighted by Crippen LogP contribution is -2.46. The predicted molar refractivity (Wildman–Crippen MR) is 167 cm³/mol. The van der Waals surface area contributed by atoms with Crippen molar-refractivity contribution in [1.29, 1.82) is 0 Å². The van der Waals surface area contributed by atoms with E-state index in [0.29, 0.717) is 40.2 Å². The van der Waals surface area contributed by atoms with E-state index < -0.39 is 35.7 Å². The van der Waals surface area contributed by atoms with E-state index in [4.69, 9.17) is 37.9 Å². The molecule has 0 bridgehead atoms. The van der Waals surface area contributed by atoms with Gasteiger partial charge in [-0.2, -0.15) is 0 Å². The highest BCUT2D eigenvalue weighted by Gasteiger charge is 2.51. The molecule has 0 saturated carbocycles. The molecule has 4 unspecified atom stereocenters. The molecule has 46 heavy (non-hydrogen) atoms. The second kappa shape index (κ2) is 13.4. The summed E-state index contributed by atoms with van der Waals surface area (Å²) in [6.07, 6.45) is -0.796. The fraction of sp³-hybridized carbons (Fsp3) is 0.429. The minimum absolute atomic E-state index is 0.0595. The number of fused-ring (bicyclic) bond motifs is 4. The Hall–Kier alpha value is -4.64. The Bertz CT molecular complexity index is 1600. The number of benzene rings is 3. The maximum absolute atomic E-state index is 13.7. The number of rotatable bonds is 10. The third-order valence-corrected chi connectivity index (χ3v) is 8.69. The summed E-state index contributed by atoms with van der Waals surface area (Å²) in [5.74, 6) is -0.265. The van der Waals surface area contributed by atoms with Gasteiger partial charge in [0.05, 0.1) is 34.0 Å². The average molecular weight is 637 g/mol. The predicted octanol–water partition coefficient (Wildman–Crippen LogP) is 6.19. The van der Waals surface area contributed by atoms with Crippen molar-refractivity contribution in [1.82, 2.24) is 0 Å². The summed E-state index contributed by atoms with van der Waals surface area (Å²) in [5.41, 5.74) is 0.0452. The zero-order chi connectivity index (χ0) is 33.2. The molecule has 0 radical (unpaired) electrons. The molecule has 11 heteroatoms. The topological polar surface area (TPSA) is 128 Å². The third kappa shape index (κ3) is 5.64. The molecule has 246 valence electrons. The van der Waals surface area contributed by atoms with Crippen LogP contribution in [0.5, 0.6) is 34.5 Å². The average Bonchev–Trinajstić information content (AvgIpc) is 3.55. The van der Waals surface area contributed by atoms with Crippen molar-refractivity contribution >= 4 is 11.9 Å². The highest BCUT2D eigenvalue weighted by molar-refractivity contribution is 5.92. The fourth-order valence-corrected chi connectivity index (χ4v) is 6.10. The number of ether oxygens (including phenoxy) is 8. The molecule has 0 spiro atoms. The van der Waals surface area contributed by atoms with Crippen LogP contribution < -0.4 is 28.4 Å². The van der Waals surface area contributed by atoms with E-state index >= 15 is 0 Å². The molecular weight excluding hydrogens is 596 g/mol. The van der Waals surface area contributed by atoms with Crippen LogP contribution in [0.4, 0.5) is 0 Å². The van der Waals surface area contributed by atoms with Gasteiger partial charge < -0.3 is 43.0 Å². The second-order valence-electron chi connectivity index (χ2n) is 11.4. The van der Waals surface area contributed by atoms with E-state index in [-0.39, 0.29) is 41.8 Å². The molecule has 5 rings (SSSR count). The molecule has 3 aromatic carbocycles. The molecule has 1 heterocycles. The molecule has 0 amide bonds. The zero-order valence-electron chi connectivity index (χ0n) is 27.1. The number of esters is 2. The first-order valence-electron chi connectivity index (χ1n) is 15.1. The number of hydrogen-bond donors (Lipinski definition) is 1. The van der Waals surface area contributed by atoms with Gasteiger partial charge in [0.15, 0.2) is 29.1 Å². The van der Waals surface area contributed by atoms with Crippen molar-refractivity contribution in [3.05, 3.63) is 59.2 Å². The van der Waals surface area contributed by atoms with Crippen LogP contribution in [0, 0.1) is 5.92 Å². The summed E-state index contributed by atoms with van der Waals surface area (Å²) in [6.45, 7) is 5.21. The molecule has 3 aromatic rings. The van der Waals surface area contributed by atoms with Crippen molar-refractivity contribution in [2.24, 2.45) is 5.92 Å². The van der Waals surface area contributed by atoms with Crippen LogP contribution in [0.3, 0.4) is 0 Å². The van der Waals surface area contributed by atoms with Crippen LogP contribution >= 0.6 is 0 Å². The van der Waals surface area contributed by atoms with Gasteiger partial charge in [-0.1, -0.05) is 38.5 Å². The summed E-state index contributed by atoms with van der Waals surface area (Å²) < 4.78 is 47.5. The maximum atomic E-state index is 13.7. The van der Waals surface area contributed by atoms with E-state index in [9.17, 15) is 14.7 Å². The van der Waals surface area contributed by atoms with Gasteiger partial charge in [0, 0.05) is 34.6 Å². The van der Waals surface area contributed by atoms with Crippen LogP contribution in [-0.2, 0) is 14.3 Å². The lowest BCUT2D eigenvalue weighted by Gasteiger charge is -2.44. The summed E-state index contributed by atoms with van der Waals surface area (Å²) in [4.78, 5) is 27.0. The Morgan fingerprint density at radius 2 is 1.57 bits per heavy atom. The van der Waals surface area contributed by atoms with Crippen LogP contribution in [0.25, 0.3) is 11.1 Å². The van der Waals surface area contributed by atoms with E-state index in [1.54, 1.807) is 56.3 Å². The molecular formula is C35H40O11. The van der Waals surface area contributed by atoms with Crippen molar-refractivity contribution in [3.63, 3.8) is 0 Å². The molecule has 0 fully saturated rings. The number of hydrogen-bond acceptors (Lipinski definition) is 11. The van der Waals surface area contributed by atoms with Crippen LogP contribution in [0.2, 0.25) is 0 Å². The lowest BCUT2D eigenvalue weighted by molar-refractivity contribution is -0.169. The maximum Gasteiger partial charge on any atom is 0.338 e. The standard InChI is InChI=1S/C35H40O11/c1-8-9-15-25(36)45-28-19(2)35(3,38)33(46-34(37)20-13-11-10-12-14-20)22-17-23(39-4)29(40-5)31(41-6)27(22)26-21(28)16-24-30(32(26)42-7)44-18-43-24/h10-14,16-17,19,28,33,38H,8-9,15,18H2,1-7H3. The smallest absolute Gasteiger partial charge is 0.338 e. The highest BCUT2D eigenvalue weighted by atomic mass is 16.7.